The number of carbonyl (C=O) groups is 2. The Labute approximate surface area is 116 Å². The minimum Gasteiger partial charge on any atom is -0.486 e. The number of carboxylic acids is 1. The van der Waals surface area contributed by atoms with Gasteiger partial charge in [-0.3, -0.25) is 9.59 Å². The summed E-state index contributed by atoms with van der Waals surface area (Å²) in [6.45, 7) is 4.04. The molecule has 20 heavy (non-hydrogen) atoms. The maximum Gasteiger partial charge on any atom is 0.308 e. The van der Waals surface area contributed by atoms with Crippen LogP contribution in [0.1, 0.15) is 24.2 Å². The van der Waals surface area contributed by atoms with E-state index < -0.39 is 17.9 Å². The van der Waals surface area contributed by atoms with E-state index in [2.05, 4.69) is 5.32 Å². The molecule has 2 N–H and O–H groups in total. The molecular weight excluding hydrogens is 262 g/mol. The Kier molecular flexibility index (Phi) is 4.12. The predicted octanol–water partition coefficient (Wildman–Crippen LogP) is 1.30. The Morgan fingerprint density at radius 2 is 1.95 bits per heavy atom. The molecule has 6 heteroatoms. The zero-order chi connectivity index (χ0) is 14.7. The highest BCUT2D eigenvalue weighted by Crippen LogP contribution is 2.33. The Morgan fingerprint density at radius 1 is 1.25 bits per heavy atom. The smallest absolute Gasteiger partial charge is 0.308 e. The Balaban J connectivity index is 2.16. The molecule has 1 aromatic carbocycles. The summed E-state index contributed by atoms with van der Waals surface area (Å²) in [7, 11) is 0. The molecule has 1 aliphatic rings. The quantitative estimate of drug-likeness (QED) is 0.867. The summed E-state index contributed by atoms with van der Waals surface area (Å²) >= 11 is 0. The first kappa shape index (κ1) is 14.2. The number of hydrogen-bond acceptors (Lipinski definition) is 4. The molecule has 0 spiro atoms. The summed E-state index contributed by atoms with van der Waals surface area (Å²) in [5.74, 6) is -1.05. The van der Waals surface area contributed by atoms with Crippen LogP contribution in [-0.4, -0.2) is 36.2 Å². The van der Waals surface area contributed by atoms with Crippen LogP contribution in [0.15, 0.2) is 18.2 Å². The number of ether oxygens (including phenoxy) is 2. The van der Waals surface area contributed by atoms with Gasteiger partial charge in [0.05, 0.1) is 11.5 Å². The van der Waals surface area contributed by atoms with Gasteiger partial charge in [-0.25, -0.2) is 0 Å². The first-order chi connectivity index (χ1) is 9.50. The van der Waals surface area contributed by atoms with E-state index in [0.717, 1.165) is 0 Å². The molecule has 2 rings (SSSR count). The molecule has 0 aliphatic carbocycles. The number of hydrogen-bond donors (Lipinski definition) is 2. The van der Waals surface area contributed by atoms with Gasteiger partial charge in [-0.1, -0.05) is 6.07 Å². The van der Waals surface area contributed by atoms with Gasteiger partial charge in [0.15, 0.2) is 11.5 Å². The van der Waals surface area contributed by atoms with E-state index in [1.807, 2.05) is 0 Å². The van der Waals surface area contributed by atoms with E-state index in [4.69, 9.17) is 14.6 Å². The summed E-state index contributed by atoms with van der Waals surface area (Å²) in [4.78, 5) is 23.1. The number of para-hydroxylation sites is 1. The molecule has 2 unspecified atom stereocenters. The van der Waals surface area contributed by atoms with Gasteiger partial charge >= 0.3 is 5.97 Å². The zero-order valence-corrected chi connectivity index (χ0v) is 11.4. The maximum absolute atomic E-state index is 12.2. The van der Waals surface area contributed by atoms with Gasteiger partial charge in [-0.05, 0) is 26.0 Å². The number of carbonyl (C=O) groups excluding carboxylic acids is 1. The van der Waals surface area contributed by atoms with E-state index in [-0.39, 0.29) is 5.91 Å². The fraction of sp³-hybridized carbons (Fsp3) is 0.429. The average molecular weight is 279 g/mol. The van der Waals surface area contributed by atoms with E-state index in [1.54, 1.807) is 32.0 Å². The Morgan fingerprint density at radius 3 is 2.65 bits per heavy atom. The van der Waals surface area contributed by atoms with E-state index in [9.17, 15) is 9.59 Å². The van der Waals surface area contributed by atoms with E-state index in [1.165, 1.54) is 0 Å². The molecule has 0 saturated carbocycles. The van der Waals surface area contributed by atoms with Crippen LogP contribution < -0.4 is 14.8 Å². The van der Waals surface area contributed by atoms with Gasteiger partial charge < -0.3 is 19.9 Å². The van der Waals surface area contributed by atoms with Gasteiger partial charge in [0.1, 0.15) is 13.2 Å². The second kappa shape index (κ2) is 5.81. The zero-order valence-electron chi connectivity index (χ0n) is 11.4. The first-order valence-corrected chi connectivity index (χ1v) is 6.43. The van der Waals surface area contributed by atoms with E-state index >= 15 is 0 Å². The first-order valence-electron chi connectivity index (χ1n) is 6.43. The number of nitrogens with one attached hydrogen (secondary N) is 1. The highest BCUT2D eigenvalue weighted by molar-refractivity contribution is 5.98. The molecule has 2 atom stereocenters. The molecule has 1 aliphatic heterocycles. The van der Waals surface area contributed by atoms with Crippen molar-refractivity contribution in [1.29, 1.82) is 0 Å². The van der Waals surface area contributed by atoms with Crippen molar-refractivity contribution in [2.45, 2.75) is 19.9 Å². The topological polar surface area (TPSA) is 84.9 Å². The van der Waals surface area contributed by atoms with Crippen molar-refractivity contribution in [3.8, 4) is 11.5 Å². The molecule has 1 heterocycles. The summed E-state index contributed by atoms with van der Waals surface area (Å²) in [5.41, 5.74) is 0.353. The van der Waals surface area contributed by atoms with Crippen molar-refractivity contribution >= 4 is 11.9 Å². The third-order valence-corrected chi connectivity index (χ3v) is 3.31. The highest BCUT2D eigenvalue weighted by atomic mass is 16.6. The average Bonchev–Trinajstić information content (AvgIpc) is 2.45. The monoisotopic (exact) mass is 279 g/mol. The lowest BCUT2D eigenvalue weighted by atomic mass is 10.0. The van der Waals surface area contributed by atoms with Crippen LogP contribution in [-0.2, 0) is 4.79 Å². The van der Waals surface area contributed by atoms with Crippen LogP contribution in [0.5, 0.6) is 11.5 Å². The Bertz CT molecular complexity index is 528. The fourth-order valence-electron chi connectivity index (χ4n) is 1.88. The fourth-order valence-corrected chi connectivity index (χ4v) is 1.88. The summed E-state index contributed by atoms with van der Waals surface area (Å²) < 4.78 is 10.9. The van der Waals surface area contributed by atoms with Crippen molar-refractivity contribution in [2.24, 2.45) is 5.92 Å². The van der Waals surface area contributed by atoms with Crippen LogP contribution in [0.4, 0.5) is 0 Å². The molecule has 1 amide bonds. The number of fused-ring (bicyclic) bond motifs is 1. The van der Waals surface area contributed by atoms with Crippen molar-refractivity contribution in [1.82, 2.24) is 5.32 Å². The van der Waals surface area contributed by atoms with Crippen molar-refractivity contribution in [3.05, 3.63) is 23.8 Å². The SMILES string of the molecule is CC(NC(=O)c1cccc2c1OCCO2)C(C)C(=O)O. The van der Waals surface area contributed by atoms with Crippen LogP contribution in [0, 0.1) is 5.92 Å². The number of aliphatic carboxylic acids is 1. The van der Waals surface area contributed by atoms with Gasteiger partial charge in [-0.2, -0.15) is 0 Å². The third kappa shape index (κ3) is 2.84. The minimum atomic E-state index is -0.951. The van der Waals surface area contributed by atoms with Crippen LogP contribution in [0.2, 0.25) is 0 Å². The molecular formula is C14H17NO5. The molecule has 0 bridgehead atoms. The molecule has 6 nitrogen and oxygen atoms in total. The van der Waals surface area contributed by atoms with Crippen molar-refractivity contribution < 1.29 is 24.2 Å². The normalized spacial score (nSPS) is 16.1. The lowest BCUT2D eigenvalue weighted by molar-refractivity contribution is -0.141. The van der Waals surface area contributed by atoms with Crippen LogP contribution in [0.3, 0.4) is 0 Å². The summed E-state index contributed by atoms with van der Waals surface area (Å²) in [5, 5.41) is 11.6. The van der Waals surface area contributed by atoms with Crippen LogP contribution in [0.25, 0.3) is 0 Å². The number of amides is 1. The van der Waals surface area contributed by atoms with Crippen LogP contribution >= 0.6 is 0 Å². The Hall–Kier alpha value is -2.24. The van der Waals surface area contributed by atoms with Gasteiger partial charge in [0.25, 0.3) is 5.91 Å². The predicted molar refractivity (Wildman–Crippen MR) is 71.2 cm³/mol. The standard InChI is InChI=1S/C14H17NO5/c1-8(14(17)18)9(2)15-13(16)10-4-3-5-11-12(10)20-7-6-19-11/h3-5,8-9H,6-7H2,1-2H3,(H,15,16)(H,17,18). The highest BCUT2D eigenvalue weighted by Gasteiger charge is 2.25. The number of carboxylic acid groups (broad SMARTS) is 1. The van der Waals surface area contributed by atoms with E-state index in [0.29, 0.717) is 30.3 Å². The molecule has 0 fully saturated rings. The maximum atomic E-state index is 12.2. The van der Waals surface area contributed by atoms with Gasteiger partial charge in [0, 0.05) is 6.04 Å². The lowest BCUT2D eigenvalue weighted by Gasteiger charge is -2.22. The third-order valence-electron chi connectivity index (χ3n) is 3.31. The van der Waals surface area contributed by atoms with Crippen molar-refractivity contribution in [3.63, 3.8) is 0 Å². The molecule has 0 aromatic heterocycles. The summed E-state index contributed by atoms with van der Waals surface area (Å²) in [6.07, 6.45) is 0. The largest absolute Gasteiger partial charge is 0.486 e. The second-order valence-corrected chi connectivity index (χ2v) is 4.72. The number of benzene rings is 1. The van der Waals surface area contributed by atoms with Gasteiger partial charge in [-0.15, -0.1) is 0 Å². The minimum absolute atomic E-state index is 0.353. The molecule has 0 saturated heterocycles. The van der Waals surface area contributed by atoms with Gasteiger partial charge in [0.2, 0.25) is 0 Å². The second-order valence-electron chi connectivity index (χ2n) is 4.72. The lowest BCUT2D eigenvalue weighted by Crippen LogP contribution is -2.40. The molecule has 108 valence electrons. The summed E-state index contributed by atoms with van der Waals surface area (Å²) in [6, 6.07) is 4.57. The van der Waals surface area contributed by atoms with Crippen molar-refractivity contribution in [2.75, 3.05) is 13.2 Å². The number of rotatable bonds is 4. The molecule has 0 radical (unpaired) electrons. The molecule has 1 aromatic rings.